The van der Waals surface area contributed by atoms with Gasteiger partial charge in [-0.2, -0.15) is 13.2 Å². The van der Waals surface area contributed by atoms with Crippen LogP contribution in [0.2, 0.25) is 0 Å². The summed E-state index contributed by atoms with van der Waals surface area (Å²) in [7, 11) is 0. The number of aromatic amines is 1. The van der Waals surface area contributed by atoms with Crippen LogP contribution in [-0.4, -0.2) is 16.1 Å². The van der Waals surface area contributed by atoms with Gasteiger partial charge in [-0.05, 0) is 11.6 Å². The number of nitrogens with one attached hydrogen (secondary N) is 1. The van der Waals surface area contributed by atoms with Gasteiger partial charge in [-0.15, -0.1) is 0 Å². The number of hydrogen-bond acceptors (Lipinski definition) is 2. The van der Waals surface area contributed by atoms with Crippen LogP contribution in [0.4, 0.5) is 13.2 Å². The Balaban J connectivity index is 2.76. The highest BCUT2D eigenvalue weighted by atomic mass is 19.4. The number of hydrogen-bond donors (Lipinski definition) is 2. The van der Waals surface area contributed by atoms with Crippen molar-refractivity contribution in [2.75, 3.05) is 0 Å². The lowest BCUT2D eigenvalue weighted by Crippen LogP contribution is -2.13. The number of H-pyrrole nitrogens is 1. The predicted octanol–water partition coefficient (Wildman–Crippen LogP) is 2.76. The molecule has 0 saturated heterocycles. The van der Waals surface area contributed by atoms with Crippen LogP contribution in [0, 0.1) is 0 Å². The molecule has 0 atom stereocenters. The van der Waals surface area contributed by atoms with Crippen LogP contribution in [0.1, 0.15) is 15.9 Å². The number of alkyl halides is 3. The molecule has 1 heterocycles. The van der Waals surface area contributed by atoms with Crippen molar-refractivity contribution in [3.63, 3.8) is 0 Å². The van der Waals surface area contributed by atoms with E-state index in [1.54, 1.807) is 0 Å². The highest BCUT2D eigenvalue weighted by Gasteiger charge is 2.34. The van der Waals surface area contributed by atoms with E-state index in [1.807, 2.05) is 0 Å². The lowest BCUT2D eigenvalue weighted by atomic mass is 9.97. The van der Waals surface area contributed by atoms with Gasteiger partial charge in [0.2, 0.25) is 5.56 Å². The molecule has 104 valence electrons. The molecule has 0 spiro atoms. The van der Waals surface area contributed by atoms with E-state index in [9.17, 15) is 22.8 Å². The molecule has 0 aliphatic heterocycles. The van der Waals surface area contributed by atoms with Crippen LogP contribution in [-0.2, 0) is 6.18 Å². The van der Waals surface area contributed by atoms with Crippen molar-refractivity contribution in [1.82, 2.24) is 4.98 Å². The molecule has 20 heavy (non-hydrogen) atoms. The van der Waals surface area contributed by atoms with Crippen molar-refractivity contribution in [3.8, 4) is 11.1 Å². The van der Waals surface area contributed by atoms with Gasteiger partial charge >= 0.3 is 12.1 Å². The van der Waals surface area contributed by atoms with Crippen LogP contribution in [0.15, 0.2) is 41.3 Å². The maximum Gasteiger partial charge on any atom is 0.417 e. The molecule has 7 heteroatoms. The molecular weight excluding hydrogens is 275 g/mol. The maximum absolute atomic E-state index is 12.9. The largest absolute Gasteiger partial charge is 0.478 e. The number of carbonyl (C=O) groups is 1. The molecule has 2 rings (SSSR count). The van der Waals surface area contributed by atoms with Crippen LogP contribution in [0.25, 0.3) is 11.1 Å². The van der Waals surface area contributed by atoms with Gasteiger partial charge in [0.25, 0.3) is 0 Å². The average molecular weight is 283 g/mol. The number of rotatable bonds is 2. The zero-order valence-electron chi connectivity index (χ0n) is 9.86. The lowest BCUT2D eigenvalue weighted by molar-refractivity contribution is -0.137. The average Bonchev–Trinajstić information content (AvgIpc) is 2.37. The molecule has 0 bridgehead atoms. The summed E-state index contributed by atoms with van der Waals surface area (Å²) in [6, 6.07) is 5.33. The molecule has 1 aromatic carbocycles. The minimum absolute atomic E-state index is 0.190. The zero-order chi connectivity index (χ0) is 14.9. The molecular formula is C13H8F3NO3. The van der Waals surface area contributed by atoms with Crippen molar-refractivity contribution in [2.24, 2.45) is 0 Å². The fourth-order valence-electron chi connectivity index (χ4n) is 1.84. The van der Waals surface area contributed by atoms with E-state index in [2.05, 4.69) is 4.98 Å². The highest BCUT2D eigenvalue weighted by molar-refractivity contribution is 5.96. The number of carboxylic acids is 1. The van der Waals surface area contributed by atoms with Crippen molar-refractivity contribution in [3.05, 3.63) is 58.0 Å². The van der Waals surface area contributed by atoms with E-state index >= 15 is 0 Å². The van der Waals surface area contributed by atoms with Crippen LogP contribution >= 0.6 is 0 Å². The Morgan fingerprint density at radius 3 is 2.40 bits per heavy atom. The second-order valence-electron chi connectivity index (χ2n) is 3.97. The topological polar surface area (TPSA) is 70.2 Å². The van der Waals surface area contributed by atoms with Gasteiger partial charge in [-0.3, -0.25) is 4.79 Å². The summed E-state index contributed by atoms with van der Waals surface area (Å²) in [5.74, 6) is -1.47. The van der Waals surface area contributed by atoms with E-state index in [0.717, 1.165) is 24.4 Å². The van der Waals surface area contributed by atoms with E-state index < -0.39 is 28.8 Å². The second-order valence-corrected chi connectivity index (χ2v) is 3.97. The Morgan fingerprint density at radius 1 is 1.15 bits per heavy atom. The third-order valence-corrected chi connectivity index (χ3v) is 2.68. The van der Waals surface area contributed by atoms with E-state index in [-0.39, 0.29) is 11.1 Å². The summed E-state index contributed by atoms with van der Waals surface area (Å²) in [4.78, 5) is 24.4. The number of carboxylic acid groups (broad SMARTS) is 1. The summed E-state index contributed by atoms with van der Waals surface area (Å²) in [6.45, 7) is 0. The Bertz CT molecular complexity index is 719. The number of benzene rings is 1. The molecule has 0 fully saturated rings. The van der Waals surface area contributed by atoms with Crippen LogP contribution in [0.3, 0.4) is 0 Å². The van der Waals surface area contributed by atoms with Crippen molar-refractivity contribution in [1.29, 1.82) is 0 Å². The summed E-state index contributed by atoms with van der Waals surface area (Å²) in [6.07, 6.45) is -3.65. The van der Waals surface area contributed by atoms with Crippen molar-refractivity contribution >= 4 is 5.97 Å². The van der Waals surface area contributed by atoms with Gasteiger partial charge < -0.3 is 10.1 Å². The van der Waals surface area contributed by atoms with Crippen LogP contribution in [0.5, 0.6) is 0 Å². The molecule has 0 radical (unpaired) electrons. The molecule has 0 unspecified atom stereocenters. The Hall–Kier alpha value is -2.57. The van der Waals surface area contributed by atoms with E-state index in [0.29, 0.717) is 0 Å². The summed E-state index contributed by atoms with van der Waals surface area (Å²) >= 11 is 0. The highest BCUT2D eigenvalue weighted by Crippen LogP contribution is 2.37. The molecule has 2 aromatic rings. The van der Waals surface area contributed by atoms with Crippen molar-refractivity contribution < 1.29 is 23.1 Å². The first-order chi connectivity index (χ1) is 9.30. The van der Waals surface area contributed by atoms with Gasteiger partial charge in [0.15, 0.2) is 0 Å². The first-order valence-corrected chi connectivity index (χ1v) is 5.43. The third kappa shape index (κ3) is 2.56. The van der Waals surface area contributed by atoms with Gasteiger partial charge in [-0.1, -0.05) is 18.2 Å². The Kier molecular flexibility index (Phi) is 3.35. The van der Waals surface area contributed by atoms with E-state index in [1.165, 1.54) is 12.1 Å². The van der Waals surface area contributed by atoms with Crippen molar-refractivity contribution in [2.45, 2.75) is 6.18 Å². The number of aromatic nitrogens is 1. The Labute approximate surface area is 110 Å². The van der Waals surface area contributed by atoms with Gasteiger partial charge in [-0.25, -0.2) is 4.79 Å². The molecule has 0 aliphatic rings. The van der Waals surface area contributed by atoms with E-state index in [4.69, 9.17) is 5.11 Å². The standard InChI is InChI=1S/C13H8F3NO3/c14-13(15,16)10-4-2-1-3-7(10)9-6-17-11(18)5-8(9)12(19)20/h1-6H,(H,17,18)(H,19,20). The molecule has 0 saturated carbocycles. The predicted molar refractivity (Wildman–Crippen MR) is 64.5 cm³/mol. The van der Waals surface area contributed by atoms with Gasteiger partial charge in [0.05, 0.1) is 11.1 Å². The third-order valence-electron chi connectivity index (χ3n) is 2.68. The first kappa shape index (κ1) is 13.9. The maximum atomic E-state index is 12.9. The number of halogens is 3. The Morgan fingerprint density at radius 2 is 1.80 bits per heavy atom. The first-order valence-electron chi connectivity index (χ1n) is 5.43. The quantitative estimate of drug-likeness (QED) is 0.890. The fourth-order valence-corrected chi connectivity index (χ4v) is 1.84. The zero-order valence-corrected chi connectivity index (χ0v) is 9.86. The second kappa shape index (κ2) is 4.84. The molecule has 0 aliphatic carbocycles. The SMILES string of the molecule is O=C(O)c1cc(=O)[nH]cc1-c1ccccc1C(F)(F)F. The van der Waals surface area contributed by atoms with Gasteiger partial charge in [0, 0.05) is 17.8 Å². The van der Waals surface area contributed by atoms with Gasteiger partial charge in [0.1, 0.15) is 0 Å². The fraction of sp³-hybridized carbons (Fsp3) is 0.0769. The van der Waals surface area contributed by atoms with Crippen LogP contribution < -0.4 is 5.56 Å². The number of aromatic carboxylic acids is 1. The molecule has 2 N–H and O–H groups in total. The normalized spacial score (nSPS) is 11.3. The smallest absolute Gasteiger partial charge is 0.417 e. The summed E-state index contributed by atoms with van der Waals surface area (Å²) < 4.78 is 38.8. The minimum atomic E-state index is -4.62. The molecule has 1 aromatic heterocycles. The molecule has 4 nitrogen and oxygen atoms in total. The lowest BCUT2D eigenvalue weighted by Gasteiger charge is -2.13. The molecule has 0 amide bonds. The summed E-state index contributed by atoms with van der Waals surface area (Å²) in [5.41, 5.74) is -2.63. The summed E-state index contributed by atoms with van der Waals surface area (Å²) in [5, 5.41) is 9.01. The monoisotopic (exact) mass is 283 g/mol. The number of pyridine rings is 1. The minimum Gasteiger partial charge on any atom is -0.478 e.